The monoisotopic (exact) mass is 345 g/mol. The molecule has 1 amide bonds. The predicted octanol–water partition coefficient (Wildman–Crippen LogP) is 4.29. The molecular weight excluding hydrogens is 322 g/mol. The molecule has 0 atom stereocenters. The summed E-state index contributed by atoms with van der Waals surface area (Å²) in [5.41, 5.74) is 3.52. The molecule has 0 aliphatic carbocycles. The Hall–Kier alpha value is -2.14. The molecule has 2 aromatic rings. The molecule has 0 radical (unpaired) electrons. The lowest BCUT2D eigenvalue weighted by molar-refractivity contribution is -0.115. The summed E-state index contributed by atoms with van der Waals surface area (Å²) in [6.45, 7) is 7.98. The number of rotatable bonds is 6. The first-order chi connectivity index (χ1) is 11.5. The Morgan fingerprint density at radius 1 is 1.08 bits per heavy atom. The lowest BCUT2D eigenvalue weighted by Crippen LogP contribution is -2.16. The summed E-state index contributed by atoms with van der Waals surface area (Å²) in [4.78, 5) is 25.5. The molecule has 0 bridgehead atoms. The van der Waals surface area contributed by atoms with Gasteiger partial charge in [-0.25, -0.2) is 4.79 Å². The molecule has 0 unspecified atom stereocenters. The Bertz CT molecular complexity index is 732. The fraction of sp³-hybridized carbons (Fsp3) is 0.368. The van der Waals surface area contributed by atoms with E-state index in [0.717, 1.165) is 22.4 Å². The van der Waals surface area contributed by atoms with Gasteiger partial charge in [0.1, 0.15) is 5.00 Å². The van der Waals surface area contributed by atoms with Crippen molar-refractivity contribution in [3.8, 4) is 0 Å². The molecule has 0 saturated carbocycles. The minimum absolute atomic E-state index is 0.133. The van der Waals surface area contributed by atoms with Crippen LogP contribution in [-0.2, 0) is 22.4 Å². The molecule has 4 nitrogen and oxygen atoms in total. The molecule has 1 heterocycles. The van der Waals surface area contributed by atoms with E-state index in [1.807, 2.05) is 38.1 Å². The highest BCUT2D eigenvalue weighted by atomic mass is 32.1. The van der Waals surface area contributed by atoms with Crippen molar-refractivity contribution < 1.29 is 14.3 Å². The van der Waals surface area contributed by atoms with Gasteiger partial charge in [-0.15, -0.1) is 11.3 Å². The van der Waals surface area contributed by atoms with E-state index in [1.54, 1.807) is 6.92 Å². The molecule has 0 aliphatic rings. The third-order valence-electron chi connectivity index (χ3n) is 3.91. The number of amides is 1. The van der Waals surface area contributed by atoms with Crippen LogP contribution in [0.4, 0.5) is 5.00 Å². The van der Waals surface area contributed by atoms with Gasteiger partial charge in [0.05, 0.1) is 18.6 Å². The lowest BCUT2D eigenvalue weighted by atomic mass is 10.1. The normalized spacial score (nSPS) is 10.5. The lowest BCUT2D eigenvalue weighted by Gasteiger charge is -2.07. The Balaban J connectivity index is 2.13. The average molecular weight is 345 g/mol. The van der Waals surface area contributed by atoms with Crippen molar-refractivity contribution in [1.29, 1.82) is 0 Å². The molecule has 24 heavy (non-hydrogen) atoms. The number of nitrogens with one attached hydrogen (secondary N) is 1. The Labute approximate surface area is 146 Å². The smallest absolute Gasteiger partial charge is 0.341 e. The summed E-state index contributed by atoms with van der Waals surface area (Å²) in [6, 6.07) is 8.00. The maximum Gasteiger partial charge on any atom is 0.341 e. The van der Waals surface area contributed by atoms with Gasteiger partial charge in [0.2, 0.25) is 5.91 Å². The molecule has 0 aliphatic heterocycles. The summed E-state index contributed by atoms with van der Waals surface area (Å²) in [7, 11) is 0. The summed E-state index contributed by atoms with van der Waals surface area (Å²) in [5.74, 6) is -0.520. The first kappa shape index (κ1) is 18.2. The number of aryl methyl sites for hydroxylation is 2. The second kappa shape index (κ2) is 8.11. The molecule has 0 fully saturated rings. The van der Waals surface area contributed by atoms with E-state index in [9.17, 15) is 9.59 Å². The topological polar surface area (TPSA) is 55.4 Å². The molecule has 0 saturated heterocycles. The van der Waals surface area contributed by atoms with Crippen LogP contribution < -0.4 is 5.32 Å². The first-order valence-corrected chi connectivity index (χ1v) is 8.92. The number of benzene rings is 1. The maximum absolute atomic E-state index is 12.3. The third kappa shape index (κ3) is 4.23. The van der Waals surface area contributed by atoms with Gasteiger partial charge < -0.3 is 10.1 Å². The number of esters is 1. The Morgan fingerprint density at radius 3 is 2.29 bits per heavy atom. The van der Waals surface area contributed by atoms with E-state index >= 15 is 0 Å². The van der Waals surface area contributed by atoms with Crippen LogP contribution in [0.25, 0.3) is 0 Å². The van der Waals surface area contributed by atoms with Gasteiger partial charge in [0.15, 0.2) is 0 Å². The standard InChI is InChI=1S/C19H23NO3S/c1-5-14-7-9-15(10-8-14)11-16(21)20-18-17(19(22)23-6-2)12(3)13(4)24-18/h7-10H,5-6,11H2,1-4H3,(H,20,21). The van der Waals surface area contributed by atoms with Crippen LogP contribution in [-0.4, -0.2) is 18.5 Å². The van der Waals surface area contributed by atoms with Crippen LogP contribution >= 0.6 is 11.3 Å². The van der Waals surface area contributed by atoms with E-state index in [1.165, 1.54) is 16.9 Å². The zero-order valence-electron chi connectivity index (χ0n) is 14.6. The number of carbonyl (C=O) groups excluding carboxylic acids is 2. The van der Waals surface area contributed by atoms with Crippen LogP contribution in [0.2, 0.25) is 0 Å². The first-order valence-electron chi connectivity index (χ1n) is 8.11. The zero-order chi connectivity index (χ0) is 17.7. The van der Waals surface area contributed by atoms with Gasteiger partial charge in [0.25, 0.3) is 0 Å². The predicted molar refractivity (Wildman–Crippen MR) is 97.9 cm³/mol. The van der Waals surface area contributed by atoms with Gasteiger partial charge in [-0.05, 0) is 43.9 Å². The largest absolute Gasteiger partial charge is 0.462 e. The second-order valence-corrected chi connectivity index (χ2v) is 6.83. The van der Waals surface area contributed by atoms with E-state index in [4.69, 9.17) is 4.74 Å². The maximum atomic E-state index is 12.3. The van der Waals surface area contributed by atoms with E-state index < -0.39 is 0 Å². The number of thiophene rings is 1. The fourth-order valence-electron chi connectivity index (χ4n) is 2.41. The number of ether oxygens (including phenoxy) is 1. The van der Waals surface area contributed by atoms with Crippen molar-refractivity contribution in [2.45, 2.75) is 40.5 Å². The molecule has 2 rings (SSSR count). The fourth-order valence-corrected chi connectivity index (χ4v) is 3.48. The van der Waals surface area contributed by atoms with Gasteiger partial charge in [-0.2, -0.15) is 0 Å². The van der Waals surface area contributed by atoms with Crippen LogP contribution in [0.3, 0.4) is 0 Å². The zero-order valence-corrected chi connectivity index (χ0v) is 15.4. The molecule has 1 aromatic heterocycles. The Kier molecular flexibility index (Phi) is 6.15. The van der Waals surface area contributed by atoms with Crippen LogP contribution in [0.15, 0.2) is 24.3 Å². The molecule has 1 N–H and O–H groups in total. The van der Waals surface area contributed by atoms with Gasteiger partial charge in [0, 0.05) is 4.88 Å². The van der Waals surface area contributed by atoms with Crippen LogP contribution in [0.5, 0.6) is 0 Å². The minimum atomic E-state index is -0.387. The second-order valence-electron chi connectivity index (χ2n) is 5.60. The van der Waals surface area contributed by atoms with Crippen molar-refractivity contribution in [1.82, 2.24) is 0 Å². The van der Waals surface area contributed by atoms with Crippen LogP contribution in [0.1, 0.15) is 45.8 Å². The van der Waals surface area contributed by atoms with Crippen molar-refractivity contribution in [2.75, 3.05) is 11.9 Å². The number of hydrogen-bond acceptors (Lipinski definition) is 4. The molecular formula is C19H23NO3S. The summed E-state index contributed by atoms with van der Waals surface area (Å²) in [6.07, 6.45) is 1.26. The summed E-state index contributed by atoms with van der Waals surface area (Å²) >= 11 is 1.41. The van der Waals surface area contributed by atoms with E-state index in [0.29, 0.717) is 17.2 Å². The van der Waals surface area contributed by atoms with Crippen molar-refractivity contribution >= 4 is 28.2 Å². The van der Waals surface area contributed by atoms with Crippen molar-refractivity contribution in [3.05, 3.63) is 51.4 Å². The minimum Gasteiger partial charge on any atom is -0.462 e. The van der Waals surface area contributed by atoms with E-state index in [-0.39, 0.29) is 18.3 Å². The number of anilines is 1. The summed E-state index contributed by atoms with van der Waals surface area (Å²) < 4.78 is 5.10. The summed E-state index contributed by atoms with van der Waals surface area (Å²) in [5, 5.41) is 3.44. The average Bonchev–Trinajstić information content (AvgIpc) is 2.82. The van der Waals surface area contributed by atoms with Crippen LogP contribution in [0, 0.1) is 13.8 Å². The number of hydrogen-bond donors (Lipinski definition) is 1. The van der Waals surface area contributed by atoms with E-state index in [2.05, 4.69) is 12.2 Å². The van der Waals surface area contributed by atoms with Crippen molar-refractivity contribution in [2.24, 2.45) is 0 Å². The third-order valence-corrected chi connectivity index (χ3v) is 5.04. The van der Waals surface area contributed by atoms with Crippen molar-refractivity contribution in [3.63, 3.8) is 0 Å². The molecule has 0 spiro atoms. The quantitative estimate of drug-likeness (QED) is 0.795. The van der Waals surface area contributed by atoms with Gasteiger partial charge >= 0.3 is 5.97 Å². The SMILES string of the molecule is CCOC(=O)c1c(NC(=O)Cc2ccc(CC)cc2)sc(C)c1C. The highest BCUT2D eigenvalue weighted by Gasteiger charge is 2.22. The number of carbonyl (C=O) groups is 2. The highest BCUT2D eigenvalue weighted by molar-refractivity contribution is 7.16. The molecule has 1 aromatic carbocycles. The highest BCUT2D eigenvalue weighted by Crippen LogP contribution is 2.33. The molecule has 128 valence electrons. The molecule has 5 heteroatoms. The van der Waals surface area contributed by atoms with Gasteiger partial charge in [-0.3, -0.25) is 4.79 Å². The van der Waals surface area contributed by atoms with Gasteiger partial charge in [-0.1, -0.05) is 31.2 Å². The Morgan fingerprint density at radius 2 is 1.71 bits per heavy atom.